The number of pyridine rings is 1. The van der Waals surface area contributed by atoms with Crippen molar-refractivity contribution in [3.63, 3.8) is 0 Å². The third-order valence-corrected chi connectivity index (χ3v) is 3.72. The summed E-state index contributed by atoms with van der Waals surface area (Å²) in [6, 6.07) is 14.6. The van der Waals surface area contributed by atoms with E-state index < -0.39 is 5.97 Å². The normalized spacial score (nSPS) is 10.8. The summed E-state index contributed by atoms with van der Waals surface area (Å²) < 4.78 is 1.43. The Balaban J connectivity index is 1.99. The van der Waals surface area contributed by atoms with Gasteiger partial charge in [0.05, 0.1) is 16.8 Å². The molecule has 0 fully saturated rings. The van der Waals surface area contributed by atoms with Gasteiger partial charge in [-0.25, -0.2) is 9.48 Å². The molecule has 7 heteroatoms. The number of para-hydroxylation sites is 1. The van der Waals surface area contributed by atoms with Crippen molar-refractivity contribution in [3.05, 3.63) is 66.6 Å². The smallest absolute Gasteiger partial charge is 0.335 e. The second-order valence-corrected chi connectivity index (χ2v) is 5.21. The van der Waals surface area contributed by atoms with E-state index in [0.717, 1.165) is 22.0 Å². The lowest BCUT2D eigenvalue weighted by atomic mass is 9.99. The average Bonchev–Trinajstić information content (AvgIpc) is 3.15. The van der Waals surface area contributed by atoms with E-state index in [4.69, 9.17) is 0 Å². The lowest BCUT2D eigenvalue weighted by Crippen LogP contribution is -2.02. The number of benzene rings is 2. The molecule has 2 heterocycles. The molecule has 116 valence electrons. The van der Waals surface area contributed by atoms with Crippen LogP contribution in [0.25, 0.3) is 27.7 Å². The Morgan fingerprint density at radius 2 is 1.96 bits per heavy atom. The quantitative estimate of drug-likeness (QED) is 0.624. The minimum Gasteiger partial charge on any atom is -0.478 e. The van der Waals surface area contributed by atoms with Crippen molar-refractivity contribution in [1.82, 2.24) is 25.2 Å². The molecule has 2 aromatic carbocycles. The van der Waals surface area contributed by atoms with Gasteiger partial charge in [0.25, 0.3) is 0 Å². The highest BCUT2D eigenvalue weighted by atomic mass is 16.4. The first-order valence-corrected chi connectivity index (χ1v) is 7.18. The van der Waals surface area contributed by atoms with Gasteiger partial charge in [-0.2, -0.15) is 0 Å². The summed E-state index contributed by atoms with van der Waals surface area (Å²) in [5, 5.41) is 21.4. The number of aromatic carboxylic acids is 1. The molecule has 0 saturated carbocycles. The lowest BCUT2D eigenvalue weighted by Gasteiger charge is -2.09. The Kier molecular flexibility index (Phi) is 3.24. The van der Waals surface area contributed by atoms with E-state index in [-0.39, 0.29) is 5.56 Å². The molecule has 0 unspecified atom stereocenters. The van der Waals surface area contributed by atoms with Gasteiger partial charge in [0, 0.05) is 17.1 Å². The second-order valence-electron chi connectivity index (χ2n) is 5.21. The Hall–Kier alpha value is -3.61. The highest BCUT2D eigenvalue weighted by Crippen LogP contribution is 2.29. The number of tetrazole rings is 1. The average molecular weight is 317 g/mol. The Morgan fingerprint density at radius 3 is 2.75 bits per heavy atom. The van der Waals surface area contributed by atoms with Gasteiger partial charge in [-0.15, -0.1) is 5.10 Å². The van der Waals surface area contributed by atoms with Crippen LogP contribution >= 0.6 is 0 Å². The zero-order valence-electron chi connectivity index (χ0n) is 12.4. The fourth-order valence-corrected chi connectivity index (χ4v) is 2.64. The van der Waals surface area contributed by atoms with Crippen molar-refractivity contribution in [3.8, 4) is 16.8 Å². The zero-order chi connectivity index (χ0) is 16.5. The van der Waals surface area contributed by atoms with E-state index in [1.807, 2.05) is 36.4 Å². The third-order valence-electron chi connectivity index (χ3n) is 3.72. The van der Waals surface area contributed by atoms with Crippen LogP contribution in [-0.2, 0) is 0 Å². The number of carboxylic acids is 1. The van der Waals surface area contributed by atoms with Gasteiger partial charge in [0.1, 0.15) is 6.33 Å². The van der Waals surface area contributed by atoms with E-state index in [2.05, 4.69) is 20.5 Å². The van der Waals surface area contributed by atoms with Crippen molar-refractivity contribution >= 4 is 16.9 Å². The van der Waals surface area contributed by atoms with Crippen molar-refractivity contribution in [2.24, 2.45) is 0 Å². The van der Waals surface area contributed by atoms with Crippen LogP contribution < -0.4 is 0 Å². The maximum atomic E-state index is 11.5. The van der Waals surface area contributed by atoms with E-state index >= 15 is 0 Å². The molecule has 0 spiro atoms. The molecule has 1 N–H and O–H groups in total. The Morgan fingerprint density at radius 1 is 1.08 bits per heavy atom. The molecular weight excluding hydrogens is 306 g/mol. The van der Waals surface area contributed by atoms with Crippen molar-refractivity contribution in [2.45, 2.75) is 0 Å². The molecular formula is C17H11N5O2. The summed E-state index contributed by atoms with van der Waals surface area (Å²) in [5.74, 6) is -1.01. The fourth-order valence-electron chi connectivity index (χ4n) is 2.64. The topological polar surface area (TPSA) is 93.8 Å². The van der Waals surface area contributed by atoms with E-state index in [9.17, 15) is 9.90 Å². The number of rotatable bonds is 3. The molecule has 0 aliphatic rings. The molecule has 24 heavy (non-hydrogen) atoms. The predicted octanol–water partition coefficient (Wildman–Crippen LogP) is 2.58. The predicted molar refractivity (Wildman–Crippen MR) is 86.9 cm³/mol. The van der Waals surface area contributed by atoms with Crippen LogP contribution in [-0.4, -0.2) is 36.3 Å². The molecule has 0 amide bonds. The first-order valence-electron chi connectivity index (χ1n) is 7.18. The van der Waals surface area contributed by atoms with Gasteiger partial charge in [-0.05, 0) is 40.3 Å². The van der Waals surface area contributed by atoms with Crippen LogP contribution in [0.1, 0.15) is 10.4 Å². The highest BCUT2D eigenvalue weighted by Gasteiger charge is 2.12. The van der Waals surface area contributed by atoms with Crippen LogP contribution in [0, 0.1) is 0 Å². The molecule has 2 aromatic heterocycles. The van der Waals surface area contributed by atoms with Crippen molar-refractivity contribution in [1.29, 1.82) is 0 Å². The number of nitrogens with zero attached hydrogens (tertiary/aromatic N) is 5. The maximum absolute atomic E-state index is 11.5. The van der Waals surface area contributed by atoms with Crippen LogP contribution in [0.4, 0.5) is 0 Å². The molecule has 0 bridgehead atoms. The minimum atomic E-state index is -1.01. The van der Waals surface area contributed by atoms with Crippen LogP contribution in [0.5, 0.6) is 0 Å². The standard InChI is InChI=1S/C17H11N5O2/c23-17(24)13-7-12(8-14(9-13)22-10-19-20-21-22)15-5-1-3-11-4-2-6-18-16(11)15/h1-10H,(H,23,24). The van der Waals surface area contributed by atoms with Gasteiger partial charge in [0.15, 0.2) is 0 Å². The number of carboxylic acid groups (broad SMARTS) is 1. The molecule has 0 aliphatic carbocycles. The van der Waals surface area contributed by atoms with Crippen LogP contribution in [0.15, 0.2) is 61.1 Å². The molecule has 4 aromatic rings. The molecule has 7 nitrogen and oxygen atoms in total. The van der Waals surface area contributed by atoms with Crippen molar-refractivity contribution < 1.29 is 9.90 Å². The van der Waals surface area contributed by atoms with Gasteiger partial charge < -0.3 is 5.11 Å². The molecule has 0 radical (unpaired) electrons. The third kappa shape index (κ3) is 2.38. The molecule has 0 aliphatic heterocycles. The summed E-state index contributed by atoms with van der Waals surface area (Å²) in [7, 11) is 0. The molecule has 0 atom stereocenters. The Bertz CT molecular complexity index is 1040. The largest absolute Gasteiger partial charge is 0.478 e. The number of carbonyl (C=O) groups is 1. The van der Waals surface area contributed by atoms with Crippen LogP contribution in [0.2, 0.25) is 0 Å². The zero-order valence-corrected chi connectivity index (χ0v) is 12.4. The van der Waals surface area contributed by atoms with E-state index in [0.29, 0.717) is 5.69 Å². The van der Waals surface area contributed by atoms with Crippen LogP contribution in [0.3, 0.4) is 0 Å². The van der Waals surface area contributed by atoms with Gasteiger partial charge in [-0.3, -0.25) is 4.98 Å². The summed E-state index contributed by atoms with van der Waals surface area (Å²) >= 11 is 0. The van der Waals surface area contributed by atoms with E-state index in [1.54, 1.807) is 12.3 Å². The second kappa shape index (κ2) is 5.54. The minimum absolute atomic E-state index is 0.158. The number of aromatic nitrogens is 5. The van der Waals surface area contributed by atoms with Gasteiger partial charge in [0.2, 0.25) is 0 Å². The van der Waals surface area contributed by atoms with Gasteiger partial charge in [-0.1, -0.05) is 24.3 Å². The SMILES string of the molecule is O=C(O)c1cc(-c2cccc3cccnc23)cc(-n2cnnn2)c1. The van der Waals surface area contributed by atoms with Crippen molar-refractivity contribution in [2.75, 3.05) is 0 Å². The monoisotopic (exact) mass is 317 g/mol. The maximum Gasteiger partial charge on any atom is 0.335 e. The number of hydrogen-bond donors (Lipinski definition) is 1. The summed E-state index contributed by atoms with van der Waals surface area (Å²) in [6.45, 7) is 0. The first-order chi connectivity index (χ1) is 11.7. The number of hydrogen-bond acceptors (Lipinski definition) is 5. The lowest BCUT2D eigenvalue weighted by molar-refractivity contribution is 0.0697. The summed E-state index contributed by atoms with van der Waals surface area (Å²) in [4.78, 5) is 15.9. The van der Waals surface area contributed by atoms with E-state index in [1.165, 1.54) is 17.1 Å². The number of fused-ring (bicyclic) bond motifs is 1. The molecule has 4 rings (SSSR count). The summed E-state index contributed by atoms with van der Waals surface area (Å²) in [5.41, 5.74) is 3.13. The molecule has 0 saturated heterocycles. The summed E-state index contributed by atoms with van der Waals surface area (Å²) in [6.07, 6.45) is 3.14. The first kappa shape index (κ1) is 14.0. The fraction of sp³-hybridized carbons (Fsp3) is 0. The Labute approximate surface area is 136 Å². The highest BCUT2D eigenvalue weighted by molar-refractivity contribution is 5.96. The van der Waals surface area contributed by atoms with Gasteiger partial charge >= 0.3 is 5.97 Å².